The highest BCUT2D eigenvalue weighted by atomic mass is 16.1. The molecule has 0 amide bonds. The molecule has 0 aliphatic rings. The van der Waals surface area contributed by atoms with Gasteiger partial charge in [0.15, 0.2) is 5.78 Å². The Morgan fingerprint density at radius 2 is 1.86 bits per heavy atom. The van der Waals surface area contributed by atoms with E-state index in [4.69, 9.17) is 5.73 Å². The Hall–Kier alpha value is -1.83. The van der Waals surface area contributed by atoms with E-state index in [0.29, 0.717) is 11.3 Å². The number of benzene rings is 2. The van der Waals surface area contributed by atoms with E-state index in [-0.39, 0.29) is 5.78 Å². The van der Waals surface area contributed by atoms with Gasteiger partial charge in [0.25, 0.3) is 0 Å². The first-order valence-electron chi connectivity index (χ1n) is 4.48. The third-order valence-electron chi connectivity index (χ3n) is 2.31. The van der Waals surface area contributed by atoms with E-state index >= 15 is 0 Å². The minimum absolute atomic E-state index is 0.0132. The lowest BCUT2D eigenvalue weighted by atomic mass is 10.0. The Bertz CT molecular complexity index is 503. The van der Waals surface area contributed by atoms with Crippen molar-refractivity contribution in [3.05, 3.63) is 42.0 Å². The molecule has 2 N–H and O–H groups in total. The van der Waals surface area contributed by atoms with Crippen molar-refractivity contribution >= 4 is 22.2 Å². The van der Waals surface area contributed by atoms with Crippen LogP contribution < -0.4 is 5.73 Å². The van der Waals surface area contributed by atoms with Crippen molar-refractivity contribution in [3.63, 3.8) is 0 Å². The first-order valence-corrected chi connectivity index (χ1v) is 4.48. The van der Waals surface area contributed by atoms with Crippen molar-refractivity contribution in [1.82, 2.24) is 0 Å². The highest BCUT2D eigenvalue weighted by molar-refractivity contribution is 6.11. The van der Waals surface area contributed by atoms with Gasteiger partial charge in [0, 0.05) is 11.3 Å². The van der Waals surface area contributed by atoms with Crippen LogP contribution in [0.25, 0.3) is 10.8 Å². The Balaban J connectivity index is 2.90. The van der Waals surface area contributed by atoms with Gasteiger partial charge in [-0.25, -0.2) is 0 Å². The molecule has 0 radical (unpaired) electrons. The molecule has 0 saturated heterocycles. The molecule has 2 aromatic carbocycles. The minimum atomic E-state index is 0.0132. The summed E-state index contributed by atoms with van der Waals surface area (Å²) in [6.07, 6.45) is 0. The largest absolute Gasteiger partial charge is 0.398 e. The Morgan fingerprint density at radius 1 is 1.14 bits per heavy atom. The van der Waals surface area contributed by atoms with Gasteiger partial charge in [0.2, 0.25) is 0 Å². The predicted molar refractivity (Wildman–Crippen MR) is 58.4 cm³/mol. The second kappa shape index (κ2) is 3.14. The molecule has 0 aliphatic heterocycles. The summed E-state index contributed by atoms with van der Waals surface area (Å²) in [5.74, 6) is 0.0132. The highest BCUT2D eigenvalue weighted by Gasteiger charge is 2.08. The fourth-order valence-corrected chi connectivity index (χ4v) is 1.68. The summed E-state index contributed by atoms with van der Waals surface area (Å²) in [7, 11) is 0. The molecule has 0 bridgehead atoms. The molecule has 0 unspecified atom stereocenters. The quantitative estimate of drug-likeness (QED) is 0.548. The number of fused-ring (bicyclic) bond motifs is 1. The molecule has 0 saturated carbocycles. The van der Waals surface area contributed by atoms with Crippen LogP contribution in [0.4, 0.5) is 5.69 Å². The van der Waals surface area contributed by atoms with Crippen LogP contribution >= 0.6 is 0 Å². The normalized spacial score (nSPS) is 10.4. The van der Waals surface area contributed by atoms with Crippen LogP contribution in [0.3, 0.4) is 0 Å². The highest BCUT2D eigenvalue weighted by Crippen LogP contribution is 2.24. The summed E-state index contributed by atoms with van der Waals surface area (Å²) in [5, 5.41) is 1.98. The molecule has 0 spiro atoms. The van der Waals surface area contributed by atoms with E-state index in [1.165, 1.54) is 6.92 Å². The predicted octanol–water partition coefficient (Wildman–Crippen LogP) is 2.62. The summed E-state index contributed by atoms with van der Waals surface area (Å²) in [4.78, 5) is 11.4. The lowest BCUT2D eigenvalue weighted by Gasteiger charge is -2.06. The van der Waals surface area contributed by atoms with Gasteiger partial charge in [-0.15, -0.1) is 0 Å². The molecule has 0 fully saturated rings. The lowest BCUT2D eigenvalue weighted by molar-refractivity contribution is 0.102. The van der Waals surface area contributed by atoms with Crippen molar-refractivity contribution in [3.8, 4) is 0 Å². The number of rotatable bonds is 1. The first kappa shape index (κ1) is 8.75. The maximum Gasteiger partial charge on any atom is 0.162 e. The SMILES string of the molecule is CC(=O)c1c(N)ccc2ccccc12. The van der Waals surface area contributed by atoms with Crippen LogP contribution in [-0.4, -0.2) is 5.78 Å². The second-order valence-corrected chi connectivity index (χ2v) is 3.31. The number of ketones is 1. The van der Waals surface area contributed by atoms with E-state index in [1.54, 1.807) is 6.07 Å². The Morgan fingerprint density at radius 3 is 2.57 bits per heavy atom. The molecular weight excluding hydrogens is 174 g/mol. The third-order valence-corrected chi connectivity index (χ3v) is 2.31. The van der Waals surface area contributed by atoms with Crippen LogP contribution in [0, 0.1) is 0 Å². The zero-order valence-corrected chi connectivity index (χ0v) is 7.95. The molecule has 0 aliphatic carbocycles. The number of Topliss-reactive ketones (excluding diaryl/α,β-unsaturated/α-hetero) is 1. The molecular formula is C12H11NO. The van der Waals surface area contributed by atoms with Crippen molar-refractivity contribution in [2.75, 3.05) is 5.73 Å². The summed E-state index contributed by atoms with van der Waals surface area (Å²) in [6, 6.07) is 11.5. The Labute approximate surface area is 82.3 Å². The van der Waals surface area contributed by atoms with Crippen molar-refractivity contribution in [2.24, 2.45) is 0 Å². The van der Waals surface area contributed by atoms with Crippen molar-refractivity contribution < 1.29 is 4.79 Å². The molecule has 70 valence electrons. The van der Waals surface area contributed by atoms with E-state index in [0.717, 1.165) is 10.8 Å². The number of carbonyl (C=O) groups excluding carboxylic acids is 1. The standard InChI is InChI=1S/C12H11NO/c1-8(14)12-10-5-3-2-4-9(10)6-7-11(12)13/h2-7H,13H2,1H3. The average molecular weight is 185 g/mol. The number of nitrogens with two attached hydrogens (primary N) is 1. The monoisotopic (exact) mass is 185 g/mol. The van der Waals surface area contributed by atoms with Gasteiger partial charge in [-0.1, -0.05) is 30.3 Å². The molecule has 0 aromatic heterocycles. The van der Waals surface area contributed by atoms with Crippen molar-refractivity contribution in [2.45, 2.75) is 6.92 Å². The van der Waals surface area contributed by atoms with Crippen LogP contribution in [0.5, 0.6) is 0 Å². The van der Waals surface area contributed by atoms with E-state index in [2.05, 4.69) is 0 Å². The van der Waals surface area contributed by atoms with Gasteiger partial charge in [-0.3, -0.25) is 4.79 Å². The van der Waals surface area contributed by atoms with E-state index in [9.17, 15) is 4.79 Å². The van der Waals surface area contributed by atoms with Gasteiger partial charge in [-0.2, -0.15) is 0 Å². The second-order valence-electron chi connectivity index (χ2n) is 3.31. The molecule has 2 aromatic rings. The summed E-state index contributed by atoms with van der Waals surface area (Å²) in [5.41, 5.74) is 6.95. The zero-order valence-electron chi connectivity index (χ0n) is 7.95. The van der Waals surface area contributed by atoms with Gasteiger partial charge in [-0.05, 0) is 23.8 Å². The molecule has 14 heavy (non-hydrogen) atoms. The minimum Gasteiger partial charge on any atom is -0.398 e. The summed E-state index contributed by atoms with van der Waals surface area (Å²) < 4.78 is 0. The van der Waals surface area contributed by atoms with Crippen LogP contribution in [0.2, 0.25) is 0 Å². The summed E-state index contributed by atoms with van der Waals surface area (Å²) >= 11 is 0. The maximum absolute atomic E-state index is 11.4. The molecule has 2 heteroatoms. The zero-order chi connectivity index (χ0) is 10.1. The lowest BCUT2D eigenvalue weighted by Crippen LogP contribution is -2.00. The fourth-order valence-electron chi connectivity index (χ4n) is 1.68. The third kappa shape index (κ3) is 1.25. The topological polar surface area (TPSA) is 43.1 Å². The molecule has 0 heterocycles. The van der Waals surface area contributed by atoms with E-state index < -0.39 is 0 Å². The molecule has 0 atom stereocenters. The van der Waals surface area contributed by atoms with Crippen LogP contribution in [0.15, 0.2) is 36.4 Å². The van der Waals surface area contributed by atoms with Gasteiger partial charge >= 0.3 is 0 Å². The summed E-state index contributed by atoms with van der Waals surface area (Å²) in [6.45, 7) is 1.54. The first-order chi connectivity index (χ1) is 6.70. The van der Waals surface area contributed by atoms with Crippen LogP contribution in [0.1, 0.15) is 17.3 Å². The maximum atomic E-state index is 11.4. The van der Waals surface area contributed by atoms with E-state index in [1.807, 2.05) is 30.3 Å². The van der Waals surface area contributed by atoms with Gasteiger partial charge in [0.1, 0.15) is 0 Å². The number of anilines is 1. The fraction of sp³-hybridized carbons (Fsp3) is 0.0833. The van der Waals surface area contributed by atoms with Crippen LogP contribution in [-0.2, 0) is 0 Å². The smallest absolute Gasteiger partial charge is 0.162 e. The number of nitrogen functional groups attached to an aromatic ring is 1. The molecule has 2 nitrogen and oxygen atoms in total. The van der Waals surface area contributed by atoms with Gasteiger partial charge < -0.3 is 5.73 Å². The van der Waals surface area contributed by atoms with Crippen molar-refractivity contribution in [1.29, 1.82) is 0 Å². The molecule has 2 rings (SSSR count). The Kier molecular flexibility index (Phi) is 1.97. The number of hydrogen-bond acceptors (Lipinski definition) is 2. The number of carbonyl (C=O) groups is 1. The average Bonchev–Trinajstić information content (AvgIpc) is 2.17. The number of hydrogen-bond donors (Lipinski definition) is 1. The van der Waals surface area contributed by atoms with Gasteiger partial charge in [0.05, 0.1) is 0 Å².